The van der Waals surface area contributed by atoms with E-state index in [-0.39, 0.29) is 12.5 Å². The van der Waals surface area contributed by atoms with Crippen LogP contribution in [0, 0.1) is 11.3 Å². The second-order valence-electron chi connectivity index (χ2n) is 3.24. The fourth-order valence-electron chi connectivity index (χ4n) is 1.52. The van der Waals surface area contributed by atoms with Crippen molar-refractivity contribution in [2.24, 2.45) is 5.73 Å². The fourth-order valence-corrected chi connectivity index (χ4v) is 1.52. The molecule has 0 saturated carbocycles. The van der Waals surface area contributed by atoms with Gasteiger partial charge in [0.25, 0.3) is 0 Å². The summed E-state index contributed by atoms with van der Waals surface area (Å²) in [5.41, 5.74) is 8.35. The second kappa shape index (κ2) is 4.03. The van der Waals surface area contributed by atoms with Crippen molar-refractivity contribution in [2.75, 3.05) is 0 Å². The number of rotatable bonds is 2. The molecule has 0 radical (unpaired) electrons. The van der Waals surface area contributed by atoms with E-state index in [1.54, 1.807) is 12.4 Å². The van der Waals surface area contributed by atoms with Crippen LogP contribution in [0.1, 0.15) is 18.0 Å². The Balaban J connectivity index is 2.56. The van der Waals surface area contributed by atoms with Crippen molar-refractivity contribution in [3.8, 4) is 6.07 Å². The van der Waals surface area contributed by atoms with Gasteiger partial charge in [0.1, 0.15) is 0 Å². The molecule has 0 amide bonds. The molecule has 1 heterocycles. The number of fused-ring (bicyclic) bond motifs is 1. The highest BCUT2D eigenvalue weighted by molar-refractivity contribution is 5.78. The first-order chi connectivity index (χ1) is 7.33. The van der Waals surface area contributed by atoms with Crippen molar-refractivity contribution in [3.63, 3.8) is 0 Å². The average molecular weight is 198 g/mol. The number of benzene rings is 1. The SMILES string of the molecule is N#CC[C@@H](N)c1cccc2nccnc12. The smallest absolute Gasteiger partial charge is 0.0934 e. The maximum absolute atomic E-state index is 8.60. The number of hydrogen-bond acceptors (Lipinski definition) is 4. The normalized spacial score (nSPS) is 12.3. The lowest BCUT2D eigenvalue weighted by Crippen LogP contribution is -2.10. The molecular weight excluding hydrogens is 188 g/mol. The Morgan fingerprint density at radius 1 is 1.33 bits per heavy atom. The maximum Gasteiger partial charge on any atom is 0.0934 e. The largest absolute Gasteiger partial charge is 0.323 e. The van der Waals surface area contributed by atoms with Gasteiger partial charge in [0, 0.05) is 18.4 Å². The molecule has 2 rings (SSSR count). The van der Waals surface area contributed by atoms with E-state index < -0.39 is 0 Å². The van der Waals surface area contributed by atoms with Crippen molar-refractivity contribution in [1.29, 1.82) is 5.26 Å². The average Bonchev–Trinajstić information content (AvgIpc) is 2.28. The summed E-state index contributed by atoms with van der Waals surface area (Å²) >= 11 is 0. The van der Waals surface area contributed by atoms with Gasteiger partial charge in [0.15, 0.2) is 0 Å². The minimum atomic E-state index is -0.296. The first kappa shape index (κ1) is 9.56. The molecule has 0 unspecified atom stereocenters. The molecule has 74 valence electrons. The lowest BCUT2D eigenvalue weighted by molar-refractivity contribution is 0.753. The molecule has 1 aromatic heterocycles. The molecule has 0 aliphatic heterocycles. The third-order valence-corrected chi connectivity index (χ3v) is 2.24. The summed E-state index contributed by atoms with van der Waals surface area (Å²) in [6, 6.07) is 7.41. The molecule has 1 aromatic carbocycles. The summed E-state index contributed by atoms with van der Waals surface area (Å²) in [6.07, 6.45) is 3.56. The minimum absolute atomic E-state index is 0.287. The summed E-state index contributed by atoms with van der Waals surface area (Å²) in [5.74, 6) is 0. The zero-order valence-electron chi connectivity index (χ0n) is 8.09. The summed E-state index contributed by atoms with van der Waals surface area (Å²) < 4.78 is 0. The Labute approximate surface area is 87.4 Å². The van der Waals surface area contributed by atoms with Crippen molar-refractivity contribution in [1.82, 2.24) is 9.97 Å². The second-order valence-corrected chi connectivity index (χ2v) is 3.24. The molecule has 2 N–H and O–H groups in total. The van der Waals surface area contributed by atoms with Gasteiger partial charge < -0.3 is 5.73 Å². The molecule has 0 bridgehead atoms. The molecule has 0 aliphatic rings. The molecule has 4 nitrogen and oxygen atoms in total. The molecule has 0 fully saturated rings. The summed E-state index contributed by atoms with van der Waals surface area (Å²) in [5, 5.41) is 8.60. The van der Waals surface area contributed by atoms with E-state index in [1.165, 1.54) is 0 Å². The third-order valence-electron chi connectivity index (χ3n) is 2.24. The van der Waals surface area contributed by atoms with Crippen LogP contribution in [0.25, 0.3) is 11.0 Å². The van der Waals surface area contributed by atoms with Crippen molar-refractivity contribution in [3.05, 3.63) is 36.2 Å². The highest BCUT2D eigenvalue weighted by atomic mass is 14.8. The van der Waals surface area contributed by atoms with Crippen molar-refractivity contribution < 1.29 is 0 Å². The standard InChI is InChI=1S/C11H10N4/c12-5-4-9(13)8-2-1-3-10-11(8)15-7-6-14-10/h1-3,6-7,9H,4,13H2/t9-/m1/s1. The van der Waals surface area contributed by atoms with Crippen LogP contribution in [-0.4, -0.2) is 9.97 Å². The van der Waals surface area contributed by atoms with E-state index >= 15 is 0 Å². The van der Waals surface area contributed by atoms with Gasteiger partial charge in [-0.3, -0.25) is 9.97 Å². The molecule has 0 aliphatic carbocycles. The zero-order chi connectivity index (χ0) is 10.7. The van der Waals surface area contributed by atoms with Gasteiger partial charge in [0.05, 0.1) is 23.5 Å². The Kier molecular flexibility index (Phi) is 2.57. The van der Waals surface area contributed by atoms with Gasteiger partial charge in [-0.2, -0.15) is 5.26 Å². The lowest BCUT2D eigenvalue weighted by atomic mass is 10.0. The van der Waals surface area contributed by atoms with Crippen LogP contribution >= 0.6 is 0 Å². The van der Waals surface area contributed by atoms with Gasteiger partial charge in [-0.25, -0.2) is 0 Å². The quantitative estimate of drug-likeness (QED) is 0.794. The molecule has 0 saturated heterocycles. The molecule has 4 heteroatoms. The predicted molar refractivity (Wildman–Crippen MR) is 56.7 cm³/mol. The van der Waals surface area contributed by atoms with E-state index in [2.05, 4.69) is 16.0 Å². The summed E-state index contributed by atoms with van der Waals surface area (Å²) in [4.78, 5) is 8.42. The predicted octanol–water partition coefficient (Wildman–Crippen LogP) is 1.54. The van der Waals surface area contributed by atoms with Gasteiger partial charge in [-0.15, -0.1) is 0 Å². The number of para-hydroxylation sites is 1. The summed E-state index contributed by atoms with van der Waals surface area (Å²) in [6.45, 7) is 0. The summed E-state index contributed by atoms with van der Waals surface area (Å²) in [7, 11) is 0. The minimum Gasteiger partial charge on any atom is -0.323 e. The number of nitrogens with two attached hydrogens (primary N) is 1. The Morgan fingerprint density at radius 2 is 2.13 bits per heavy atom. The van der Waals surface area contributed by atoms with Crippen LogP contribution in [0.15, 0.2) is 30.6 Å². The van der Waals surface area contributed by atoms with E-state index in [0.717, 1.165) is 16.6 Å². The molecule has 0 spiro atoms. The van der Waals surface area contributed by atoms with Gasteiger partial charge in [-0.05, 0) is 11.6 Å². The Morgan fingerprint density at radius 3 is 2.93 bits per heavy atom. The number of aromatic nitrogens is 2. The van der Waals surface area contributed by atoms with E-state index in [9.17, 15) is 0 Å². The van der Waals surface area contributed by atoms with Gasteiger partial charge >= 0.3 is 0 Å². The Hall–Kier alpha value is -1.99. The Bertz CT molecular complexity index is 510. The van der Waals surface area contributed by atoms with Crippen molar-refractivity contribution >= 4 is 11.0 Å². The fraction of sp³-hybridized carbons (Fsp3) is 0.182. The van der Waals surface area contributed by atoms with Crippen LogP contribution < -0.4 is 5.73 Å². The van der Waals surface area contributed by atoms with Crippen LogP contribution in [-0.2, 0) is 0 Å². The zero-order valence-corrected chi connectivity index (χ0v) is 8.09. The van der Waals surface area contributed by atoms with Crippen LogP contribution in [0.2, 0.25) is 0 Å². The van der Waals surface area contributed by atoms with E-state index in [4.69, 9.17) is 11.0 Å². The monoisotopic (exact) mass is 198 g/mol. The number of hydrogen-bond donors (Lipinski definition) is 1. The first-order valence-corrected chi connectivity index (χ1v) is 4.65. The molecular formula is C11H10N4. The highest BCUT2D eigenvalue weighted by Gasteiger charge is 2.10. The first-order valence-electron chi connectivity index (χ1n) is 4.65. The number of nitrogens with zero attached hydrogens (tertiary/aromatic N) is 3. The van der Waals surface area contributed by atoms with E-state index in [1.807, 2.05) is 18.2 Å². The topological polar surface area (TPSA) is 75.6 Å². The van der Waals surface area contributed by atoms with Crippen LogP contribution in [0.3, 0.4) is 0 Å². The van der Waals surface area contributed by atoms with Crippen molar-refractivity contribution in [2.45, 2.75) is 12.5 Å². The molecule has 2 aromatic rings. The number of nitriles is 1. The van der Waals surface area contributed by atoms with Gasteiger partial charge in [-0.1, -0.05) is 12.1 Å². The van der Waals surface area contributed by atoms with Crippen LogP contribution in [0.5, 0.6) is 0 Å². The molecule has 15 heavy (non-hydrogen) atoms. The lowest BCUT2D eigenvalue weighted by Gasteiger charge is -2.09. The maximum atomic E-state index is 8.60. The van der Waals surface area contributed by atoms with Gasteiger partial charge in [0.2, 0.25) is 0 Å². The third kappa shape index (κ3) is 1.78. The van der Waals surface area contributed by atoms with Crippen LogP contribution in [0.4, 0.5) is 0 Å². The molecule has 1 atom stereocenters. The van der Waals surface area contributed by atoms with E-state index in [0.29, 0.717) is 0 Å². The highest BCUT2D eigenvalue weighted by Crippen LogP contribution is 2.21.